The van der Waals surface area contributed by atoms with E-state index in [0.29, 0.717) is 12.4 Å². The minimum absolute atomic E-state index is 0.0215. The molecule has 0 bridgehead atoms. The topological polar surface area (TPSA) is 69.8 Å². The van der Waals surface area contributed by atoms with Crippen LogP contribution in [0.3, 0.4) is 0 Å². The maximum Gasteiger partial charge on any atom is 0.259 e. The highest BCUT2D eigenvalue weighted by atomic mass is 19.1. The van der Waals surface area contributed by atoms with E-state index >= 15 is 0 Å². The lowest BCUT2D eigenvalue weighted by Crippen LogP contribution is -2.24. The number of hydrogen-bond acceptors (Lipinski definition) is 3. The van der Waals surface area contributed by atoms with Gasteiger partial charge in [0.05, 0.1) is 11.3 Å². The lowest BCUT2D eigenvalue weighted by molar-refractivity contribution is 0.102. The Morgan fingerprint density at radius 2 is 2.21 bits per heavy atom. The fourth-order valence-corrected chi connectivity index (χ4v) is 2.17. The quantitative estimate of drug-likeness (QED) is 0.765. The minimum atomic E-state index is -0.536. The lowest BCUT2D eigenvalue weighted by Gasteiger charge is -2.13. The molecule has 2 aromatic rings. The first-order valence-corrected chi connectivity index (χ1v) is 6.08. The number of carbonyl (C=O) groups excluding carboxylic acids is 1. The summed E-state index contributed by atoms with van der Waals surface area (Å²) < 4.78 is 13.5. The Morgan fingerprint density at radius 1 is 1.37 bits per heavy atom. The van der Waals surface area contributed by atoms with Crippen molar-refractivity contribution >= 4 is 11.7 Å². The third-order valence-electron chi connectivity index (χ3n) is 3.16. The van der Waals surface area contributed by atoms with Gasteiger partial charge in [0.2, 0.25) is 0 Å². The van der Waals surface area contributed by atoms with Gasteiger partial charge in [0.1, 0.15) is 5.82 Å². The average Bonchev–Trinajstić information content (AvgIpc) is 2.83. The van der Waals surface area contributed by atoms with Crippen LogP contribution in [0, 0.1) is 5.82 Å². The van der Waals surface area contributed by atoms with Crippen molar-refractivity contribution in [3.8, 4) is 0 Å². The zero-order valence-electron chi connectivity index (χ0n) is 10.2. The van der Waals surface area contributed by atoms with Gasteiger partial charge in [0.15, 0.2) is 5.82 Å². The van der Waals surface area contributed by atoms with Gasteiger partial charge in [-0.1, -0.05) is 12.1 Å². The van der Waals surface area contributed by atoms with Crippen molar-refractivity contribution in [3.05, 3.63) is 46.9 Å². The maximum absolute atomic E-state index is 13.5. The number of anilines is 1. The molecule has 3 rings (SSSR count). The Bertz CT molecular complexity index is 623. The number of benzene rings is 1. The molecule has 3 N–H and O–H groups in total. The van der Waals surface area contributed by atoms with Crippen molar-refractivity contribution in [1.29, 1.82) is 0 Å². The molecule has 5 nitrogen and oxygen atoms in total. The Balaban J connectivity index is 1.84. The highest BCUT2D eigenvalue weighted by Crippen LogP contribution is 2.20. The van der Waals surface area contributed by atoms with Gasteiger partial charge in [-0.2, -0.15) is 5.10 Å². The van der Waals surface area contributed by atoms with Gasteiger partial charge in [-0.25, -0.2) is 4.39 Å². The molecule has 98 valence electrons. The normalized spacial score (nSPS) is 13.9. The van der Waals surface area contributed by atoms with Crippen molar-refractivity contribution in [2.24, 2.45) is 0 Å². The van der Waals surface area contributed by atoms with Crippen LogP contribution in [0.4, 0.5) is 10.2 Å². The van der Waals surface area contributed by atoms with Crippen LogP contribution in [0.15, 0.2) is 24.3 Å². The highest BCUT2D eigenvalue weighted by molar-refractivity contribution is 6.04. The van der Waals surface area contributed by atoms with E-state index in [4.69, 9.17) is 0 Å². The summed E-state index contributed by atoms with van der Waals surface area (Å²) >= 11 is 0. The molecule has 0 fully saturated rings. The van der Waals surface area contributed by atoms with E-state index in [0.717, 1.165) is 24.2 Å². The molecule has 0 unspecified atom stereocenters. The van der Waals surface area contributed by atoms with Gasteiger partial charge >= 0.3 is 0 Å². The first-order valence-electron chi connectivity index (χ1n) is 6.08. The molecule has 0 aliphatic carbocycles. The van der Waals surface area contributed by atoms with Crippen LogP contribution >= 0.6 is 0 Å². The maximum atomic E-state index is 13.5. The smallest absolute Gasteiger partial charge is 0.259 e. The summed E-state index contributed by atoms with van der Waals surface area (Å²) in [5, 5.41) is 12.8. The van der Waals surface area contributed by atoms with E-state index in [1.54, 1.807) is 12.1 Å². The first-order chi connectivity index (χ1) is 9.25. The number of carbonyl (C=O) groups is 1. The number of aromatic nitrogens is 2. The average molecular weight is 260 g/mol. The zero-order chi connectivity index (χ0) is 13.2. The Kier molecular flexibility index (Phi) is 3.00. The molecule has 1 aliphatic rings. The molecule has 0 radical (unpaired) electrons. The molecule has 1 aliphatic heterocycles. The SMILES string of the molecule is O=C(Nc1n[nH]c2c1CCNC2)c1ccccc1F. The third-order valence-corrected chi connectivity index (χ3v) is 3.16. The summed E-state index contributed by atoms with van der Waals surface area (Å²) in [5.74, 6) is -0.526. The number of aromatic amines is 1. The Labute approximate surface area is 109 Å². The summed E-state index contributed by atoms with van der Waals surface area (Å²) in [5.41, 5.74) is 1.98. The molecule has 1 amide bonds. The van der Waals surface area contributed by atoms with Gasteiger partial charge in [-0.3, -0.25) is 9.89 Å². The molecular formula is C13H13FN4O. The number of H-pyrrole nitrogens is 1. The van der Waals surface area contributed by atoms with E-state index in [1.807, 2.05) is 0 Å². The van der Waals surface area contributed by atoms with Crippen molar-refractivity contribution in [1.82, 2.24) is 15.5 Å². The van der Waals surface area contributed by atoms with Crippen molar-refractivity contribution in [2.45, 2.75) is 13.0 Å². The van der Waals surface area contributed by atoms with Gasteiger partial charge in [0.25, 0.3) is 5.91 Å². The monoisotopic (exact) mass is 260 g/mol. The Hall–Kier alpha value is -2.21. The first kappa shape index (κ1) is 11.9. The predicted octanol–water partition coefficient (Wildman–Crippen LogP) is 1.45. The van der Waals surface area contributed by atoms with Crippen LogP contribution in [0.25, 0.3) is 0 Å². The second kappa shape index (κ2) is 4.81. The third kappa shape index (κ3) is 2.22. The molecule has 0 saturated carbocycles. The van der Waals surface area contributed by atoms with Crippen LogP contribution < -0.4 is 10.6 Å². The number of halogens is 1. The van der Waals surface area contributed by atoms with E-state index in [-0.39, 0.29) is 5.56 Å². The van der Waals surface area contributed by atoms with Crippen LogP contribution in [0.5, 0.6) is 0 Å². The molecule has 0 atom stereocenters. The Morgan fingerprint density at radius 3 is 3.05 bits per heavy atom. The number of amides is 1. The molecule has 1 aromatic heterocycles. The van der Waals surface area contributed by atoms with Gasteiger partial charge in [0, 0.05) is 12.1 Å². The standard InChI is InChI=1S/C13H13FN4O/c14-10-4-2-1-3-8(10)13(19)16-12-9-5-6-15-7-11(9)17-18-12/h1-4,15H,5-7H2,(H2,16,17,18,19). The summed E-state index contributed by atoms with van der Waals surface area (Å²) in [7, 11) is 0. The fourth-order valence-electron chi connectivity index (χ4n) is 2.17. The summed E-state index contributed by atoms with van der Waals surface area (Å²) in [6.45, 7) is 1.55. The van der Waals surface area contributed by atoms with Gasteiger partial charge in [-0.05, 0) is 25.1 Å². The number of rotatable bonds is 2. The summed E-state index contributed by atoms with van der Waals surface area (Å²) in [6.07, 6.45) is 0.790. The van der Waals surface area contributed by atoms with Crippen LogP contribution in [-0.4, -0.2) is 22.6 Å². The molecule has 0 spiro atoms. The molecule has 19 heavy (non-hydrogen) atoms. The molecule has 0 saturated heterocycles. The molecule has 6 heteroatoms. The van der Waals surface area contributed by atoms with Gasteiger partial charge in [-0.15, -0.1) is 0 Å². The zero-order valence-corrected chi connectivity index (χ0v) is 10.2. The van der Waals surface area contributed by atoms with Crippen LogP contribution in [0.1, 0.15) is 21.6 Å². The summed E-state index contributed by atoms with van der Waals surface area (Å²) in [6, 6.07) is 5.89. The molecular weight excluding hydrogens is 247 g/mol. The second-order valence-electron chi connectivity index (χ2n) is 4.39. The number of hydrogen-bond donors (Lipinski definition) is 3. The van der Waals surface area contributed by atoms with Crippen LogP contribution in [-0.2, 0) is 13.0 Å². The number of nitrogens with zero attached hydrogens (tertiary/aromatic N) is 1. The van der Waals surface area contributed by atoms with Gasteiger partial charge < -0.3 is 10.6 Å². The number of fused-ring (bicyclic) bond motifs is 1. The summed E-state index contributed by atoms with van der Waals surface area (Å²) in [4.78, 5) is 12.0. The molecule has 1 aromatic carbocycles. The van der Waals surface area contributed by atoms with E-state index < -0.39 is 11.7 Å². The highest BCUT2D eigenvalue weighted by Gasteiger charge is 2.19. The molecule has 2 heterocycles. The number of nitrogens with one attached hydrogen (secondary N) is 3. The largest absolute Gasteiger partial charge is 0.311 e. The predicted molar refractivity (Wildman–Crippen MR) is 68.4 cm³/mol. The van der Waals surface area contributed by atoms with E-state index in [9.17, 15) is 9.18 Å². The van der Waals surface area contributed by atoms with E-state index in [1.165, 1.54) is 12.1 Å². The van der Waals surface area contributed by atoms with Crippen molar-refractivity contribution in [3.63, 3.8) is 0 Å². The second-order valence-corrected chi connectivity index (χ2v) is 4.39. The lowest BCUT2D eigenvalue weighted by atomic mass is 10.1. The van der Waals surface area contributed by atoms with Crippen molar-refractivity contribution < 1.29 is 9.18 Å². The minimum Gasteiger partial charge on any atom is -0.311 e. The van der Waals surface area contributed by atoms with E-state index in [2.05, 4.69) is 20.8 Å². The van der Waals surface area contributed by atoms with Crippen LogP contribution in [0.2, 0.25) is 0 Å². The fraction of sp³-hybridized carbons (Fsp3) is 0.231. The van der Waals surface area contributed by atoms with Crippen molar-refractivity contribution in [2.75, 3.05) is 11.9 Å².